The van der Waals surface area contributed by atoms with Crippen LogP contribution in [0.15, 0.2) is 15.7 Å². The summed E-state index contributed by atoms with van der Waals surface area (Å²) in [5, 5.41) is -1.17. The first-order valence-electron chi connectivity index (χ1n) is 4.43. The van der Waals surface area contributed by atoms with Crippen molar-refractivity contribution in [3.05, 3.63) is 43.2 Å². The molecule has 4 nitrogen and oxygen atoms in total. The minimum Gasteiger partial charge on any atom is -0.316 e. The van der Waals surface area contributed by atoms with E-state index in [4.69, 9.17) is 11.6 Å². The average molecular weight is 283 g/mol. The Morgan fingerprint density at radius 2 is 1.67 bits per heavy atom. The van der Waals surface area contributed by atoms with Gasteiger partial charge in [0.25, 0.3) is 0 Å². The SMILES string of the molecule is O=c1[nH]c2cc(F)c(Cl)c(C(F)(F)F)c2[nH]c1=O. The molecular formula is C9H3ClF4N2O2. The molecule has 1 aromatic heterocycles. The first-order chi connectivity index (χ1) is 8.21. The van der Waals surface area contributed by atoms with Gasteiger partial charge >= 0.3 is 17.3 Å². The van der Waals surface area contributed by atoms with Crippen molar-refractivity contribution in [1.82, 2.24) is 9.97 Å². The van der Waals surface area contributed by atoms with Crippen molar-refractivity contribution >= 4 is 22.6 Å². The zero-order valence-electron chi connectivity index (χ0n) is 8.28. The second kappa shape index (κ2) is 3.84. The Kier molecular flexibility index (Phi) is 2.69. The first-order valence-corrected chi connectivity index (χ1v) is 4.81. The maximum absolute atomic E-state index is 13.2. The lowest BCUT2D eigenvalue weighted by Crippen LogP contribution is -2.30. The quantitative estimate of drug-likeness (QED) is 0.573. The molecule has 0 fully saturated rings. The number of aromatic nitrogens is 2. The standard InChI is InChI=1S/C9H3ClF4N2O2/c10-5-2(11)1-3-6(4(5)9(12,13)14)16-8(18)7(17)15-3/h1H,(H,15,17)(H,16,18). The van der Waals surface area contributed by atoms with Crippen LogP contribution in [-0.2, 0) is 6.18 Å². The Balaban J connectivity index is 3.07. The van der Waals surface area contributed by atoms with E-state index in [1.165, 1.54) is 0 Å². The molecule has 0 radical (unpaired) electrons. The molecule has 2 N–H and O–H groups in total. The molecule has 1 heterocycles. The third-order valence-corrected chi connectivity index (χ3v) is 2.57. The van der Waals surface area contributed by atoms with Gasteiger partial charge in [0.2, 0.25) is 0 Å². The fraction of sp³-hybridized carbons (Fsp3) is 0.111. The highest BCUT2D eigenvalue weighted by atomic mass is 35.5. The zero-order chi connectivity index (χ0) is 13.7. The van der Waals surface area contributed by atoms with Crippen molar-refractivity contribution in [3.8, 4) is 0 Å². The lowest BCUT2D eigenvalue weighted by Gasteiger charge is -2.12. The van der Waals surface area contributed by atoms with Crippen LogP contribution in [0, 0.1) is 5.82 Å². The monoisotopic (exact) mass is 282 g/mol. The average Bonchev–Trinajstić information content (AvgIpc) is 2.21. The van der Waals surface area contributed by atoms with E-state index in [1.807, 2.05) is 4.98 Å². The summed E-state index contributed by atoms with van der Waals surface area (Å²) in [4.78, 5) is 25.5. The van der Waals surface area contributed by atoms with Crippen LogP contribution in [0.5, 0.6) is 0 Å². The van der Waals surface area contributed by atoms with E-state index in [2.05, 4.69) is 0 Å². The first kappa shape index (κ1) is 12.6. The second-order valence-corrected chi connectivity index (χ2v) is 3.75. The summed E-state index contributed by atoms with van der Waals surface area (Å²) in [6.45, 7) is 0. The number of hydrogen-bond donors (Lipinski definition) is 2. The van der Waals surface area contributed by atoms with E-state index >= 15 is 0 Å². The van der Waals surface area contributed by atoms with Gasteiger partial charge in [-0.1, -0.05) is 11.6 Å². The van der Waals surface area contributed by atoms with Gasteiger partial charge < -0.3 is 9.97 Å². The third-order valence-electron chi connectivity index (χ3n) is 2.20. The minimum atomic E-state index is -4.97. The van der Waals surface area contributed by atoms with E-state index in [0.717, 1.165) is 0 Å². The predicted octanol–water partition coefficient (Wildman–Crippen LogP) is 2.03. The van der Waals surface area contributed by atoms with E-state index < -0.39 is 44.7 Å². The molecule has 2 aromatic rings. The van der Waals surface area contributed by atoms with Crippen LogP contribution in [0.25, 0.3) is 11.0 Å². The molecular weight excluding hydrogens is 280 g/mol. The molecule has 1 aromatic carbocycles. The Bertz CT molecular complexity index is 747. The zero-order valence-corrected chi connectivity index (χ0v) is 9.04. The molecule has 0 atom stereocenters. The van der Waals surface area contributed by atoms with Crippen LogP contribution in [0.1, 0.15) is 5.56 Å². The number of rotatable bonds is 0. The maximum Gasteiger partial charge on any atom is 0.420 e. The molecule has 0 aliphatic heterocycles. The largest absolute Gasteiger partial charge is 0.420 e. The van der Waals surface area contributed by atoms with E-state index in [9.17, 15) is 27.2 Å². The summed E-state index contributed by atoms with van der Waals surface area (Å²) in [6, 6.07) is 0.601. The van der Waals surface area contributed by atoms with Gasteiger partial charge in [0.15, 0.2) is 0 Å². The molecule has 0 aliphatic carbocycles. The summed E-state index contributed by atoms with van der Waals surface area (Å²) in [5.41, 5.74) is -5.26. The van der Waals surface area contributed by atoms with Crippen molar-refractivity contribution in [1.29, 1.82) is 0 Å². The van der Waals surface area contributed by atoms with E-state index in [0.29, 0.717) is 6.07 Å². The van der Waals surface area contributed by atoms with Gasteiger partial charge in [-0.2, -0.15) is 13.2 Å². The van der Waals surface area contributed by atoms with Gasteiger partial charge in [0.05, 0.1) is 16.1 Å². The topological polar surface area (TPSA) is 65.7 Å². The van der Waals surface area contributed by atoms with Gasteiger partial charge in [-0.25, -0.2) is 4.39 Å². The highest BCUT2D eigenvalue weighted by Gasteiger charge is 2.37. The van der Waals surface area contributed by atoms with Crippen LogP contribution >= 0.6 is 11.6 Å². The van der Waals surface area contributed by atoms with Crippen LogP contribution in [0.4, 0.5) is 17.6 Å². The third kappa shape index (κ3) is 1.88. The summed E-state index contributed by atoms with van der Waals surface area (Å²) in [7, 11) is 0. The summed E-state index contributed by atoms with van der Waals surface area (Å²) >= 11 is 5.24. The summed E-state index contributed by atoms with van der Waals surface area (Å²) < 4.78 is 51.4. The maximum atomic E-state index is 13.2. The molecule has 0 aliphatic rings. The van der Waals surface area contributed by atoms with Crippen molar-refractivity contribution < 1.29 is 17.6 Å². The Morgan fingerprint density at radius 1 is 1.11 bits per heavy atom. The molecule has 0 saturated carbocycles. The highest BCUT2D eigenvalue weighted by Crippen LogP contribution is 2.39. The van der Waals surface area contributed by atoms with Crippen LogP contribution in [0.3, 0.4) is 0 Å². The second-order valence-electron chi connectivity index (χ2n) is 3.38. The van der Waals surface area contributed by atoms with Gasteiger partial charge in [0.1, 0.15) is 11.4 Å². The fourth-order valence-corrected chi connectivity index (χ4v) is 1.73. The Labute approximate surface area is 100 Å². The smallest absolute Gasteiger partial charge is 0.316 e. The molecule has 0 spiro atoms. The van der Waals surface area contributed by atoms with Gasteiger partial charge in [-0.15, -0.1) is 0 Å². The molecule has 0 bridgehead atoms. The van der Waals surface area contributed by atoms with Crippen LogP contribution in [0.2, 0.25) is 5.02 Å². The van der Waals surface area contributed by atoms with E-state index in [1.54, 1.807) is 4.98 Å². The van der Waals surface area contributed by atoms with Crippen molar-refractivity contribution in [2.75, 3.05) is 0 Å². The number of nitrogens with one attached hydrogen (secondary N) is 2. The predicted molar refractivity (Wildman–Crippen MR) is 55.2 cm³/mol. The normalized spacial score (nSPS) is 12.1. The van der Waals surface area contributed by atoms with Crippen LogP contribution < -0.4 is 11.1 Å². The Hall–Kier alpha value is -1.83. The molecule has 0 unspecified atom stereocenters. The van der Waals surface area contributed by atoms with Crippen LogP contribution in [-0.4, -0.2) is 9.97 Å². The molecule has 2 rings (SSSR count). The number of aromatic amines is 2. The number of hydrogen-bond acceptors (Lipinski definition) is 2. The molecule has 96 valence electrons. The minimum absolute atomic E-state index is 0.492. The number of halogens is 5. The number of alkyl halides is 3. The highest BCUT2D eigenvalue weighted by molar-refractivity contribution is 6.32. The van der Waals surface area contributed by atoms with Gasteiger partial charge in [-0.3, -0.25) is 9.59 Å². The molecule has 0 amide bonds. The summed E-state index contributed by atoms with van der Waals surface area (Å²) in [6.07, 6.45) is -4.97. The van der Waals surface area contributed by atoms with E-state index in [-0.39, 0.29) is 0 Å². The van der Waals surface area contributed by atoms with Gasteiger partial charge in [0, 0.05) is 6.07 Å². The number of H-pyrrole nitrogens is 2. The molecule has 9 heteroatoms. The number of fused-ring (bicyclic) bond motifs is 1. The summed E-state index contributed by atoms with van der Waals surface area (Å²) in [5.74, 6) is -1.35. The van der Waals surface area contributed by atoms with Crippen molar-refractivity contribution in [3.63, 3.8) is 0 Å². The fourth-order valence-electron chi connectivity index (χ4n) is 1.47. The lowest BCUT2D eigenvalue weighted by atomic mass is 10.1. The van der Waals surface area contributed by atoms with Gasteiger partial charge in [-0.05, 0) is 0 Å². The Morgan fingerprint density at radius 3 is 2.22 bits per heavy atom. The lowest BCUT2D eigenvalue weighted by molar-refractivity contribution is -0.136. The van der Waals surface area contributed by atoms with Crippen molar-refractivity contribution in [2.45, 2.75) is 6.18 Å². The van der Waals surface area contributed by atoms with Crippen molar-refractivity contribution in [2.24, 2.45) is 0 Å². The molecule has 18 heavy (non-hydrogen) atoms. The molecule has 0 saturated heterocycles. The number of benzene rings is 1.